The van der Waals surface area contributed by atoms with Crippen LogP contribution in [0.15, 0.2) is 53.4 Å². The molecule has 0 bridgehead atoms. The SMILES string of the molecule is COc1nnc(-c2cc(NC(=O)c3cccc(S(C)(=O)=O)c3)ccc2C)cc1N1CCOCC1. The summed E-state index contributed by atoms with van der Waals surface area (Å²) in [6, 6.07) is 13.4. The number of sulfone groups is 1. The van der Waals surface area contributed by atoms with E-state index in [1.807, 2.05) is 25.1 Å². The predicted octanol–water partition coefficient (Wildman–Crippen LogP) is 2.95. The lowest BCUT2D eigenvalue weighted by Gasteiger charge is -2.29. The second kappa shape index (κ2) is 9.78. The number of rotatable bonds is 6. The van der Waals surface area contributed by atoms with Crippen molar-refractivity contribution >= 4 is 27.1 Å². The Morgan fingerprint density at radius 3 is 2.56 bits per heavy atom. The number of ether oxygens (including phenoxy) is 2. The van der Waals surface area contributed by atoms with E-state index in [1.54, 1.807) is 25.3 Å². The van der Waals surface area contributed by atoms with Crippen LogP contribution in [-0.4, -0.2) is 64.2 Å². The molecule has 0 saturated carbocycles. The first-order chi connectivity index (χ1) is 16.3. The largest absolute Gasteiger partial charge is 0.478 e. The Bertz CT molecular complexity index is 1320. The fourth-order valence-electron chi connectivity index (χ4n) is 3.73. The Morgan fingerprint density at radius 1 is 1.09 bits per heavy atom. The Hall–Kier alpha value is -3.50. The van der Waals surface area contributed by atoms with E-state index < -0.39 is 15.7 Å². The third-order valence-electron chi connectivity index (χ3n) is 5.58. The van der Waals surface area contributed by atoms with E-state index in [-0.39, 0.29) is 10.5 Å². The fraction of sp³-hybridized carbons (Fsp3) is 0.292. The van der Waals surface area contributed by atoms with Crippen LogP contribution in [0.25, 0.3) is 11.3 Å². The molecule has 1 saturated heterocycles. The average Bonchev–Trinajstić information content (AvgIpc) is 2.85. The molecule has 1 aromatic heterocycles. The molecule has 1 fully saturated rings. The van der Waals surface area contributed by atoms with Crippen molar-refractivity contribution < 1.29 is 22.7 Å². The highest BCUT2D eigenvalue weighted by atomic mass is 32.2. The van der Waals surface area contributed by atoms with Gasteiger partial charge in [-0.15, -0.1) is 10.2 Å². The minimum Gasteiger partial charge on any atom is -0.478 e. The molecule has 2 aromatic carbocycles. The number of carbonyl (C=O) groups excluding carboxylic acids is 1. The smallest absolute Gasteiger partial charge is 0.257 e. The monoisotopic (exact) mass is 482 g/mol. The van der Waals surface area contributed by atoms with Crippen molar-refractivity contribution in [2.75, 3.05) is 49.9 Å². The van der Waals surface area contributed by atoms with E-state index in [0.29, 0.717) is 30.5 Å². The molecule has 0 spiro atoms. The lowest BCUT2D eigenvalue weighted by atomic mass is 10.0. The molecule has 0 radical (unpaired) electrons. The zero-order valence-corrected chi connectivity index (χ0v) is 20.1. The summed E-state index contributed by atoms with van der Waals surface area (Å²) in [7, 11) is -1.85. The quantitative estimate of drug-likeness (QED) is 0.571. The molecule has 3 aromatic rings. The first kappa shape index (κ1) is 23.7. The highest BCUT2D eigenvalue weighted by Crippen LogP contribution is 2.32. The number of carbonyl (C=O) groups is 1. The van der Waals surface area contributed by atoms with Crippen LogP contribution in [0.5, 0.6) is 5.88 Å². The Balaban J connectivity index is 1.63. The third kappa shape index (κ3) is 5.18. The second-order valence-corrected chi connectivity index (χ2v) is 10.0. The number of hydrogen-bond acceptors (Lipinski definition) is 8. The van der Waals surface area contributed by atoms with Crippen molar-refractivity contribution in [3.63, 3.8) is 0 Å². The van der Waals surface area contributed by atoms with Crippen LogP contribution >= 0.6 is 0 Å². The predicted molar refractivity (Wildman–Crippen MR) is 129 cm³/mol. The van der Waals surface area contributed by atoms with Gasteiger partial charge in [0.2, 0.25) is 0 Å². The van der Waals surface area contributed by atoms with Gasteiger partial charge in [0.15, 0.2) is 9.84 Å². The second-order valence-electron chi connectivity index (χ2n) is 8.01. The maximum atomic E-state index is 12.8. The fourth-order valence-corrected chi connectivity index (χ4v) is 4.39. The van der Waals surface area contributed by atoms with Gasteiger partial charge < -0.3 is 19.7 Å². The van der Waals surface area contributed by atoms with Gasteiger partial charge in [-0.25, -0.2) is 8.42 Å². The molecule has 1 N–H and O–H groups in total. The summed E-state index contributed by atoms with van der Waals surface area (Å²) in [5.74, 6) is 0.0358. The Labute approximate surface area is 198 Å². The number of anilines is 2. The normalized spacial score (nSPS) is 14.0. The number of methoxy groups -OCH3 is 1. The van der Waals surface area contributed by atoms with Crippen molar-refractivity contribution in [3.05, 3.63) is 59.7 Å². The van der Waals surface area contributed by atoms with Crippen molar-refractivity contribution in [3.8, 4) is 17.1 Å². The van der Waals surface area contributed by atoms with Crippen molar-refractivity contribution in [1.82, 2.24) is 10.2 Å². The molecule has 0 atom stereocenters. The minimum atomic E-state index is -3.42. The molecule has 4 rings (SSSR count). The zero-order valence-electron chi connectivity index (χ0n) is 19.2. The molecular formula is C24H26N4O5S. The molecule has 9 nitrogen and oxygen atoms in total. The van der Waals surface area contributed by atoms with Crippen LogP contribution in [0, 0.1) is 6.92 Å². The number of morpholine rings is 1. The van der Waals surface area contributed by atoms with E-state index in [9.17, 15) is 13.2 Å². The molecular weight excluding hydrogens is 456 g/mol. The molecule has 1 aliphatic heterocycles. The summed E-state index contributed by atoms with van der Waals surface area (Å²) in [5.41, 5.74) is 4.07. The molecule has 0 unspecified atom stereocenters. The van der Waals surface area contributed by atoms with Crippen LogP contribution < -0.4 is 15.0 Å². The van der Waals surface area contributed by atoms with E-state index in [2.05, 4.69) is 20.4 Å². The third-order valence-corrected chi connectivity index (χ3v) is 6.69. The van der Waals surface area contributed by atoms with Gasteiger partial charge in [-0.2, -0.15) is 0 Å². The number of aryl methyl sites for hydroxylation is 1. The van der Waals surface area contributed by atoms with Gasteiger partial charge in [-0.1, -0.05) is 12.1 Å². The van der Waals surface area contributed by atoms with Crippen LogP contribution in [0.1, 0.15) is 15.9 Å². The number of aromatic nitrogens is 2. The summed E-state index contributed by atoms with van der Waals surface area (Å²) in [4.78, 5) is 15.0. The topological polar surface area (TPSA) is 111 Å². The number of nitrogens with one attached hydrogen (secondary N) is 1. The highest BCUT2D eigenvalue weighted by Gasteiger charge is 2.19. The molecule has 1 aliphatic rings. The maximum absolute atomic E-state index is 12.8. The van der Waals surface area contributed by atoms with Gasteiger partial charge in [0.1, 0.15) is 5.69 Å². The summed E-state index contributed by atoms with van der Waals surface area (Å²) in [6.07, 6.45) is 1.11. The highest BCUT2D eigenvalue weighted by molar-refractivity contribution is 7.90. The molecule has 2 heterocycles. The van der Waals surface area contributed by atoms with Gasteiger partial charge in [0.05, 0.1) is 30.9 Å². The summed E-state index contributed by atoms with van der Waals surface area (Å²) < 4.78 is 34.5. The maximum Gasteiger partial charge on any atom is 0.257 e. The van der Waals surface area contributed by atoms with E-state index in [4.69, 9.17) is 9.47 Å². The Morgan fingerprint density at radius 2 is 1.85 bits per heavy atom. The van der Waals surface area contributed by atoms with Crippen LogP contribution in [0.2, 0.25) is 0 Å². The molecule has 10 heteroatoms. The molecule has 0 aliphatic carbocycles. The molecule has 1 amide bonds. The zero-order chi connectivity index (χ0) is 24.3. The number of benzene rings is 2. The van der Waals surface area contributed by atoms with E-state index in [1.165, 1.54) is 12.1 Å². The lowest BCUT2D eigenvalue weighted by molar-refractivity contribution is 0.102. The van der Waals surface area contributed by atoms with Crippen molar-refractivity contribution in [1.29, 1.82) is 0 Å². The van der Waals surface area contributed by atoms with Gasteiger partial charge >= 0.3 is 0 Å². The van der Waals surface area contributed by atoms with Gasteiger partial charge in [0, 0.05) is 36.2 Å². The summed E-state index contributed by atoms with van der Waals surface area (Å²) >= 11 is 0. The van der Waals surface area contributed by atoms with Crippen LogP contribution in [0.4, 0.5) is 11.4 Å². The summed E-state index contributed by atoms with van der Waals surface area (Å²) in [5, 5.41) is 11.4. The number of nitrogens with zero attached hydrogens (tertiary/aromatic N) is 3. The van der Waals surface area contributed by atoms with Crippen LogP contribution in [0.3, 0.4) is 0 Å². The van der Waals surface area contributed by atoms with Crippen LogP contribution in [-0.2, 0) is 14.6 Å². The lowest BCUT2D eigenvalue weighted by Crippen LogP contribution is -2.36. The molecule has 34 heavy (non-hydrogen) atoms. The summed E-state index contributed by atoms with van der Waals surface area (Å²) in [6.45, 7) is 4.66. The first-order valence-electron chi connectivity index (χ1n) is 10.7. The van der Waals surface area contributed by atoms with Gasteiger partial charge in [0.25, 0.3) is 11.8 Å². The Kier molecular flexibility index (Phi) is 6.80. The minimum absolute atomic E-state index is 0.0916. The van der Waals surface area contributed by atoms with Gasteiger partial charge in [-0.3, -0.25) is 4.79 Å². The number of hydrogen-bond donors (Lipinski definition) is 1. The van der Waals surface area contributed by atoms with E-state index >= 15 is 0 Å². The first-order valence-corrected chi connectivity index (χ1v) is 12.6. The van der Waals surface area contributed by atoms with Crippen molar-refractivity contribution in [2.45, 2.75) is 11.8 Å². The number of amides is 1. The van der Waals surface area contributed by atoms with Gasteiger partial charge in [-0.05, 0) is 48.9 Å². The van der Waals surface area contributed by atoms with Crippen molar-refractivity contribution in [2.24, 2.45) is 0 Å². The molecule has 178 valence electrons. The standard InChI is InChI=1S/C24H26N4O5S/c1-16-7-8-18(25-23(29)17-5-4-6-19(13-17)34(3,30)31)14-20(16)21-15-22(24(32-2)27-26-21)28-9-11-33-12-10-28/h4-8,13-15H,9-12H2,1-3H3,(H,25,29). The average molecular weight is 483 g/mol. The van der Waals surface area contributed by atoms with E-state index in [0.717, 1.165) is 36.2 Å².